The predicted octanol–water partition coefficient (Wildman–Crippen LogP) is 0.374. The standard InChI is InChI=1S/C5H11NOS/c1-6(2)8(7)5-3-4-5/h5H,3-4H2,1-2H3. The van der Waals surface area contributed by atoms with Gasteiger partial charge in [0, 0.05) is 38.3 Å². The Kier molecular flexibility index (Phi) is 1.80. The molecule has 0 N–H and O–H groups in total. The molecule has 0 radical (unpaired) electrons. The molecule has 0 saturated heterocycles. The molecule has 0 spiro atoms. The first-order valence-corrected chi connectivity index (χ1v) is 3.97. The van der Waals surface area contributed by atoms with Gasteiger partial charge >= 0.3 is 0 Å². The second kappa shape index (κ2) is 2.25. The SMILES string of the molecule is CN(C)[S+]([O-])C1CC1. The highest BCUT2D eigenvalue weighted by atomic mass is 32.2. The zero-order chi connectivity index (χ0) is 6.15. The van der Waals surface area contributed by atoms with Gasteiger partial charge in [-0.05, 0) is 0 Å². The lowest BCUT2D eigenvalue weighted by atomic mass is 11.0. The molecule has 1 unspecified atom stereocenters. The second-order valence-electron chi connectivity index (χ2n) is 2.29. The Morgan fingerprint density at radius 3 is 2.12 bits per heavy atom. The molecule has 0 heterocycles. The van der Waals surface area contributed by atoms with E-state index in [2.05, 4.69) is 0 Å². The van der Waals surface area contributed by atoms with Crippen molar-refractivity contribution in [2.45, 2.75) is 18.1 Å². The fourth-order valence-corrected chi connectivity index (χ4v) is 1.70. The molecule has 1 fully saturated rings. The maximum absolute atomic E-state index is 10.9. The van der Waals surface area contributed by atoms with Crippen LogP contribution in [0.5, 0.6) is 0 Å². The van der Waals surface area contributed by atoms with Crippen LogP contribution in [0.4, 0.5) is 0 Å². The molecule has 1 aliphatic rings. The van der Waals surface area contributed by atoms with Gasteiger partial charge in [-0.2, -0.15) is 0 Å². The van der Waals surface area contributed by atoms with Crippen LogP contribution in [0.1, 0.15) is 12.8 Å². The molecule has 2 nitrogen and oxygen atoms in total. The van der Waals surface area contributed by atoms with E-state index in [-0.39, 0.29) is 0 Å². The Bertz CT molecular complexity index is 80.5. The summed E-state index contributed by atoms with van der Waals surface area (Å²) in [5.74, 6) is 0. The molecule has 1 aliphatic carbocycles. The molecule has 3 heteroatoms. The number of hydrogen-bond donors (Lipinski definition) is 0. The molecule has 1 saturated carbocycles. The van der Waals surface area contributed by atoms with E-state index in [1.165, 1.54) is 0 Å². The summed E-state index contributed by atoms with van der Waals surface area (Å²) in [4.78, 5) is 0. The average Bonchev–Trinajstić information content (AvgIpc) is 2.43. The summed E-state index contributed by atoms with van der Waals surface area (Å²) in [7, 11) is 3.71. The van der Waals surface area contributed by atoms with Gasteiger partial charge in [0.2, 0.25) is 0 Å². The van der Waals surface area contributed by atoms with Crippen LogP contribution in [0.15, 0.2) is 0 Å². The van der Waals surface area contributed by atoms with Crippen LogP contribution in [0.3, 0.4) is 0 Å². The van der Waals surface area contributed by atoms with Gasteiger partial charge in [-0.1, -0.05) is 0 Å². The smallest absolute Gasteiger partial charge is 0.136 e. The molecule has 1 atom stereocenters. The minimum absolute atomic E-state index is 0.491. The highest BCUT2D eigenvalue weighted by molar-refractivity contribution is 7.89. The summed E-state index contributed by atoms with van der Waals surface area (Å²) in [6.45, 7) is 0. The summed E-state index contributed by atoms with van der Waals surface area (Å²) in [5, 5.41) is 0.491. The van der Waals surface area contributed by atoms with Crippen molar-refractivity contribution in [1.82, 2.24) is 4.31 Å². The third-order valence-corrected chi connectivity index (χ3v) is 2.93. The van der Waals surface area contributed by atoms with Gasteiger partial charge < -0.3 is 4.55 Å². The Labute approximate surface area is 53.2 Å². The van der Waals surface area contributed by atoms with Crippen molar-refractivity contribution in [1.29, 1.82) is 0 Å². The van der Waals surface area contributed by atoms with Gasteiger partial charge in [0.15, 0.2) is 0 Å². The molecule has 8 heavy (non-hydrogen) atoms. The first-order chi connectivity index (χ1) is 3.72. The normalized spacial score (nSPS) is 24.0. The van der Waals surface area contributed by atoms with E-state index >= 15 is 0 Å². The van der Waals surface area contributed by atoms with E-state index in [9.17, 15) is 4.55 Å². The molecule has 0 aromatic rings. The summed E-state index contributed by atoms with van der Waals surface area (Å²) >= 11 is -0.679. The van der Waals surface area contributed by atoms with Crippen molar-refractivity contribution in [3.8, 4) is 0 Å². The van der Waals surface area contributed by atoms with E-state index in [4.69, 9.17) is 0 Å². The van der Waals surface area contributed by atoms with Crippen molar-refractivity contribution < 1.29 is 4.55 Å². The van der Waals surface area contributed by atoms with Crippen LogP contribution in [0, 0.1) is 0 Å². The molecule has 0 aromatic heterocycles. The van der Waals surface area contributed by atoms with Crippen LogP contribution in [0.25, 0.3) is 0 Å². The van der Waals surface area contributed by atoms with Crippen LogP contribution < -0.4 is 0 Å². The highest BCUT2D eigenvalue weighted by Gasteiger charge is 2.36. The van der Waals surface area contributed by atoms with E-state index in [0.717, 1.165) is 12.8 Å². The van der Waals surface area contributed by atoms with Crippen molar-refractivity contribution >= 4 is 11.4 Å². The zero-order valence-corrected chi connectivity index (χ0v) is 6.07. The van der Waals surface area contributed by atoms with Crippen LogP contribution >= 0.6 is 0 Å². The van der Waals surface area contributed by atoms with E-state index < -0.39 is 11.4 Å². The largest absolute Gasteiger partial charge is 0.598 e. The summed E-state index contributed by atoms with van der Waals surface area (Å²) < 4.78 is 12.7. The lowest BCUT2D eigenvalue weighted by molar-refractivity contribution is 0.518. The Balaban J connectivity index is 2.22. The fourth-order valence-electron chi connectivity index (χ4n) is 0.568. The number of nitrogens with zero attached hydrogens (tertiary/aromatic N) is 1. The monoisotopic (exact) mass is 133 g/mol. The van der Waals surface area contributed by atoms with Gasteiger partial charge in [0.25, 0.3) is 0 Å². The Morgan fingerprint density at radius 1 is 1.50 bits per heavy atom. The molecule has 1 rings (SSSR count). The molecular weight excluding hydrogens is 122 g/mol. The van der Waals surface area contributed by atoms with Gasteiger partial charge in [0.1, 0.15) is 5.25 Å². The molecule has 0 bridgehead atoms. The highest BCUT2D eigenvalue weighted by Crippen LogP contribution is 2.29. The number of hydrogen-bond acceptors (Lipinski definition) is 2. The molecule has 0 aromatic carbocycles. The van der Waals surface area contributed by atoms with Crippen molar-refractivity contribution in [3.05, 3.63) is 0 Å². The van der Waals surface area contributed by atoms with Gasteiger partial charge in [-0.15, -0.1) is 4.31 Å². The maximum Gasteiger partial charge on any atom is 0.136 e. The second-order valence-corrected chi connectivity index (χ2v) is 4.24. The predicted molar refractivity (Wildman–Crippen MR) is 34.9 cm³/mol. The van der Waals surface area contributed by atoms with Crippen LogP contribution in [0.2, 0.25) is 0 Å². The third-order valence-electron chi connectivity index (χ3n) is 1.17. The average molecular weight is 133 g/mol. The molecule has 48 valence electrons. The minimum atomic E-state index is -0.679. The van der Waals surface area contributed by atoms with Crippen LogP contribution in [-0.2, 0) is 11.4 Å². The van der Waals surface area contributed by atoms with E-state index in [1.54, 1.807) is 4.31 Å². The Morgan fingerprint density at radius 2 is 2.00 bits per heavy atom. The minimum Gasteiger partial charge on any atom is -0.598 e. The Hall–Kier alpha value is 0.270. The third kappa shape index (κ3) is 1.37. The quantitative estimate of drug-likeness (QED) is 0.509. The first-order valence-electron chi connectivity index (χ1n) is 2.80. The maximum atomic E-state index is 10.9. The topological polar surface area (TPSA) is 26.3 Å². The van der Waals surface area contributed by atoms with Gasteiger partial charge in [-0.25, -0.2) is 0 Å². The van der Waals surface area contributed by atoms with Gasteiger partial charge in [0.05, 0.1) is 0 Å². The lowest BCUT2D eigenvalue weighted by Crippen LogP contribution is -2.25. The summed E-state index contributed by atoms with van der Waals surface area (Å²) in [6, 6.07) is 0. The number of rotatable bonds is 2. The molecule has 0 amide bonds. The van der Waals surface area contributed by atoms with E-state index in [1.807, 2.05) is 14.1 Å². The molecule has 0 aliphatic heterocycles. The fraction of sp³-hybridized carbons (Fsp3) is 1.00. The summed E-state index contributed by atoms with van der Waals surface area (Å²) in [6.07, 6.45) is 2.32. The van der Waals surface area contributed by atoms with Crippen molar-refractivity contribution in [2.75, 3.05) is 14.1 Å². The molecular formula is C5H11NOS. The zero-order valence-electron chi connectivity index (χ0n) is 5.26. The lowest BCUT2D eigenvalue weighted by Gasteiger charge is -2.14. The van der Waals surface area contributed by atoms with Crippen LogP contribution in [-0.4, -0.2) is 28.2 Å². The summed E-state index contributed by atoms with van der Waals surface area (Å²) in [5.41, 5.74) is 0. The van der Waals surface area contributed by atoms with Gasteiger partial charge in [-0.3, -0.25) is 0 Å². The van der Waals surface area contributed by atoms with Crippen molar-refractivity contribution in [2.24, 2.45) is 0 Å². The van der Waals surface area contributed by atoms with Crippen molar-refractivity contribution in [3.63, 3.8) is 0 Å². The van der Waals surface area contributed by atoms with E-state index in [0.29, 0.717) is 5.25 Å². The first kappa shape index (κ1) is 6.39.